The van der Waals surface area contributed by atoms with Crippen molar-refractivity contribution in [2.45, 2.75) is 6.92 Å². The fraction of sp³-hybridized carbons (Fsp3) is 0.571. The molecule has 0 aliphatic carbocycles. The fourth-order valence-electron chi connectivity index (χ4n) is 0.785. The van der Waals surface area contributed by atoms with E-state index >= 15 is 0 Å². The molecule has 5 nitrogen and oxygen atoms in total. The van der Waals surface area contributed by atoms with Crippen LogP contribution >= 0.6 is 11.8 Å². The highest BCUT2D eigenvalue weighted by molar-refractivity contribution is 7.98. The van der Waals surface area contributed by atoms with E-state index < -0.39 is 0 Å². The first-order valence-electron chi connectivity index (χ1n) is 3.80. The molecule has 1 heterocycles. The molecular formula is C7H11N3O2S. The highest BCUT2D eigenvalue weighted by Gasteiger charge is 2.13. The van der Waals surface area contributed by atoms with Crippen molar-refractivity contribution in [2.24, 2.45) is 5.92 Å². The second-order valence-corrected chi connectivity index (χ2v) is 3.51. The monoisotopic (exact) mass is 201 g/mol. The number of hydrogen-bond donors (Lipinski definition) is 1. The van der Waals surface area contributed by atoms with Gasteiger partial charge in [0.25, 0.3) is 5.95 Å². The van der Waals surface area contributed by atoms with Gasteiger partial charge in [-0.05, 0) is 11.4 Å². The summed E-state index contributed by atoms with van der Waals surface area (Å²) in [5.74, 6) is 0.867. The van der Waals surface area contributed by atoms with Crippen molar-refractivity contribution in [3.05, 3.63) is 6.39 Å². The minimum absolute atomic E-state index is 0.0477. The Morgan fingerprint density at radius 2 is 2.62 bits per heavy atom. The van der Waals surface area contributed by atoms with Gasteiger partial charge in [0.05, 0.1) is 0 Å². The van der Waals surface area contributed by atoms with Crippen LogP contribution in [-0.2, 0) is 4.79 Å². The molecular weight excluding hydrogens is 190 g/mol. The Morgan fingerprint density at radius 1 is 1.85 bits per heavy atom. The molecule has 1 unspecified atom stereocenters. The summed E-state index contributed by atoms with van der Waals surface area (Å²) in [6, 6.07) is 0. The Kier molecular flexibility index (Phi) is 3.75. The third-order valence-electron chi connectivity index (χ3n) is 1.46. The zero-order valence-electron chi connectivity index (χ0n) is 7.48. The van der Waals surface area contributed by atoms with E-state index in [4.69, 9.17) is 0 Å². The van der Waals surface area contributed by atoms with Gasteiger partial charge in [-0.3, -0.25) is 10.1 Å². The van der Waals surface area contributed by atoms with E-state index in [-0.39, 0.29) is 17.8 Å². The standard InChI is InChI=1S/C7H11N3O2S/c1-5(3-13-2)6(11)9-7-8-4-12-10-7/h4-5H,3H2,1-2H3,(H,9,10,11). The molecule has 1 rings (SSSR count). The highest BCUT2D eigenvalue weighted by Crippen LogP contribution is 2.06. The first-order chi connectivity index (χ1) is 6.24. The fourth-order valence-corrected chi connectivity index (χ4v) is 1.44. The summed E-state index contributed by atoms with van der Waals surface area (Å²) in [4.78, 5) is 15.0. The molecule has 1 aromatic rings. The molecule has 0 aliphatic rings. The van der Waals surface area contributed by atoms with Crippen molar-refractivity contribution in [3.8, 4) is 0 Å². The third-order valence-corrected chi connectivity index (χ3v) is 2.29. The van der Waals surface area contributed by atoms with Crippen molar-refractivity contribution < 1.29 is 9.32 Å². The molecule has 0 saturated heterocycles. The van der Waals surface area contributed by atoms with Crippen LogP contribution in [0.3, 0.4) is 0 Å². The van der Waals surface area contributed by atoms with Crippen LogP contribution in [0, 0.1) is 5.92 Å². The number of anilines is 1. The molecule has 6 heteroatoms. The third kappa shape index (κ3) is 3.06. The first kappa shape index (κ1) is 10.0. The Labute approximate surface area is 80.3 Å². The Morgan fingerprint density at radius 3 is 3.15 bits per heavy atom. The quantitative estimate of drug-likeness (QED) is 0.787. The maximum absolute atomic E-state index is 11.4. The van der Waals surface area contributed by atoms with Gasteiger partial charge in [-0.1, -0.05) is 6.92 Å². The van der Waals surface area contributed by atoms with E-state index in [1.165, 1.54) is 6.39 Å². The molecule has 0 fully saturated rings. The largest absolute Gasteiger partial charge is 0.341 e. The lowest BCUT2D eigenvalue weighted by molar-refractivity contribution is -0.118. The van der Waals surface area contributed by atoms with E-state index in [2.05, 4.69) is 20.0 Å². The summed E-state index contributed by atoms with van der Waals surface area (Å²) in [6.07, 6.45) is 3.13. The van der Waals surface area contributed by atoms with Crippen LogP contribution in [0.15, 0.2) is 10.9 Å². The summed E-state index contributed by atoms with van der Waals surface area (Å²) < 4.78 is 4.47. The zero-order chi connectivity index (χ0) is 9.68. The van der Waals surface area contributed by atoms with Crippen molar-refractivity contribution >= 4 is 23.6 Å². The number of nitrogens with zero attached hydrogens (tertiary/aromatic N) is 2. The van der Waals surface area contributed by atoms with Crippen LogP contribution in [0.4, 0.5) is 5.95 Å². The van der Waals surface area contributed by atoms with Gasteiger partial charge in [-0.2, -0.15) is 16.7 Å². The van der Waals surface area contributed by atoms with Gasteiger partial charge in [-0.15, -0.1) is 0 Å². The van der Waals surface area contributed by atoms with Crippen LogP contribution in [0.2, 0.25) is 0 Å². The summed E-state index contributed by atoms with van der Waals surface area (Å²) in [5, 5.41) is 6.01. The zero-order valence-corrected chi connectivity index (χ0v) is 8.30. The molecule has 13 heavy (non-hydrogen) atoms. The van der Waals surface area contributed by atoms with Gasteiger partial charge >= 0.3 is 0 Å². The SMILES string of the molecule is CSCC(C)C(=O)Nc1ncon1. The van der Waals surface area contributed by atoms with Crippen LogP contribution in [-0.4, -0.2) is 28.1 Å². The highest BCUT2D eigenvalue weighted by atomic mass is 32.2. The molecule has 0 spiro atoms. The van der Waals surface area contributed by atoms with Crippen molar-refractivity contribution in [3.63, 3.8) is 0 Å². The molecule has 1 amide bonds. The summed E-state index contributed by atoms with van der Waals surface area (Å²) in [5.41, 5.74) is 0. The number of thioether (sulfide) groups is 1. The van der Waals surface area contributed by atoms with Crippen LogP contribution in [0.5, 0.6) is 0 Å². The van der Waals surface area contributed by atoms with Crippen molar-refractivity contribution in [1.29, 1.82) is 0 Å². The van der Waals surface area contributed by atoms with E-state index in [1.807, 2.05) is 13.2 Å². The van der Waals surface area contributed by atoms with Crippen LogP contribution < -0.4 is 5.32 Å². The smallest absolute Gasteiger partial charge is 0.269 e. The van der Waals surface area contributed by atoms with Gasteiger partial charge in [0.15, 0.2) is 0 Å². The number of rotatable bonds is 4. The maximum Gasteiger partial charge on any atom is 0.269 e. The number of carbonyl (C=O) groups is 1. The van der Waals surface area contributed by atoms with E-state index in [9.17, 15) is 4.79 Å². The van der Waals surface area contributed by atoms with Gasteiger partial charge < -0.3 is 4.52 Å². The molecule has 1 aromatic heterocycles. The number of hydrogen-bond acceptors (Lipinski definition) is 5. The summed E-state index contributed by atoms with van der Waals surface area (Å²) in [7, 11) is 0. The van der Waals surface area contributed by atoms with Crippen LogP contribution in [0.1, 0.15) is 6.92 Å². The molecule has 0 radical (unpaired) electrons. The topological polar surface area (TPSA) is 68.0 Å². The molecule has 1 N–H and O–H groups in total. The van der Waals surface area contributed by atoms with E-state index in [0.29, 0.717) is 0 Å². The minimum atomic E-state index is -0.0873. The predicted molar refractivity (Wildman–Crippen MR) is 50.5 cm³/mol. The van der Waals surface area contributed by atoms with E-state index in [1.54, 1.807) is 11.8 Å². The van der Waals surface area contributed by atoms with Crippen molar-refractivity contribution in [1.82, 2.24) is 10.1 Å². The molecule has 72 valence electrons. The molecule has 0 aliphatic heterocycles. The van der Waals surface area contributed by atoms with Crippen molar-refractivity contribution in [2.75, 3.05) is 17.3 Å². The summed E-state index contributed by atoms with van der Waals surface area (Å²) in [6.45, 7) is 1.85. The van der Waals surface area contributed by atoms with Gasteiger partial charge in [0, 0.05) is 11.7 Å². The molecule has 1 atom stereocenters. The average Bonchev–Trinajstić information content (AvgIpc) is 2.57. The normalized spacial score (nSPS) is 12.5. The first-order valence-corrected chi connectivity index (χ1v) is 5.19. The second kappa shape index (κ2) is 4.86. The predicted octanol–water partition coefficient (Wildman–Crippen LogP) is 1.01. The average molecular weight is 201 g/mol. The lowest BCUT2D eigenvalue weighted by Crippen LogP contribution is -2.22. The van der Waals surface area contributed by atoms with Gasteiger partial charge in [-0.25, -0.2) is 0 Å². The Bertz CT molecular complexity index is 263. The second-order valence-electron chi connectivity index (χ2n) is 2.60. The maximum atomic E-state index is 11.4. The van der Waals surface area contributed by atoms with E-state index in [0.717, 1.165) is 5.75 Å². The lowest BCUT2D eigenvalue weighted by atomic mass is 10.2. The lowest BCUT2D eigenvalue weighted by Gasteiger charge is -2.07. The van der Waals surface area contributed by atoms with Crippen LogP contribution in [0.25, 0.3) is 0 Å². The van der Waals surface area contributed by atoms with Gasteiger partial charge in [0.1, 0.15) is 0 Å². The Balaban J connectivity index is 2.41. The number of aromatic nitrogens is 2. The molecule has 0 aromatic carbocycles. The minimum Gasteiger partial charge on any atom is -0.341 e. The number of carbonyl (C=O) groups excluding carboxylic acids is 1. The molecule has 0 bridgehead atoms. The van der Waals surface area contributed by atoms with Gasteiger partial charge in [0.2, 0.25) is 12.3 Å². The molecule has 0 saturated carbocycles. The Hall–Kier alpha value is -1.04. The number of nitrogens with one attached hydrogen (secondary N) is 1. The summed E-state index contributed by atoms with van der Waals surface area (Å²) >= 11 is 1.63. The number of amides is 1.